The third-order valence-corrected chi connectivity index (χ3v) is 1.74. The molecule has 0 saturated heterocycles. The Morgan fingerprint density at radius 2 is 1.42 bits per heavy atom. The Bertz CT molecular complexity index is 155. The summed E-state index contributed by atoms with van der Waals surface area (Å²) in [6.45, 7) is 0.685. The Balaban J connectivity index is 4.40. The van der Waals surface area contributed by atoms with Crippen molar-refractivity contribution in [3.63, 3.8) is 0 Å². The molecule has 0 spiro atoms. The summed E-state index contributed by atoms with van der Waals surface area (Å²) in [5, 5.41) is 0. The maximum Gasteiger partial charge on any atom is 0.126 e. The fourth-order valence-electron chi connectivity index (χ4n) is 1.04. The van der Waals surface area contributed by atoms with Gasteiger partial charge in [-0.3, -0.25) is 0 Å². The zero-order chi connectivity index (χ0) is 9.89. The normalized spacial score (nSPS) is 8.75. The summed E-state index contributed by atoms with van der Waals surface area (Å²) in [4.78, 5) is 11.0. The summed E-state index contributed by atoms with van der Waals surface area (Å²) in [6, 6.07) is 0. The lowest BCUT2D eigenvalue weighted by Gasteiger charge is -2.22. The number of hydrogen-bond donors (Lipinski definition) is 0. The van der Waals surface area contributed by atoms with Crippen molar-refractivity contribution in [2.24, 2.45) is 0 Å². The van der Waals surface area contributed by atoms with E-state index < -0.39 is 25.6 Å². The predicted octanol–water partition coefficient (Wildman–Crippen LogP) is -3.34. The van der Waals surface area contributed by atoms with Gasteiger partial charge < -0.3 is 4.79 Å². The van der Waals surface area contributed by atoms with Gasteiger partial charge in [0.1, 0.15) is 6.49 Å². The van der Waals surface area contributed by atoms with Gasteiger partial charge in [0, 0.05) is 57.8 Å². The van der Waals surface area contributed by atoms with E-state index in [1.807, 2.05) is 0 Å². The van der Waals surface area contributed by atoms with Crippen LogP contribution in [0.15, 0.2) is 0 Å². The summed E-state index contributed by atoms with van der Waals surface area (Å²) in [5.74, 6) is 0. The minimum absolute atomic E-state index is 0.196. The van der Waals surface area contributed by atoms with Gasteiger partial charge in [-0.15, -0.1) is 0 Å². The highest BCUT2D eigenvalue weighted by Crippen LogP contribution is 1.92. The van der Waals surface area contributed by atoms with Crippen molar-refractivity contribution in [1.29, 1.82) is 0 Å². The molecule has 44 valence electrons. The van der Waals surface area contributed by atoms with E-state index in [1.165, 1.54) is 6.92 Å². The zero-order valence-corrected chi connectivity index (χ0v) is 7.10. The molecule has 0 heterocycles. The van der Waals surface area contributed by atoms with Gasteiger partial charge in [-0.25, -0.2) is 0 Å². The molecule has 12 heavy (non-hydrogen) atoms. The predicted molar refractivity (Wildman–Crippen MR) is 62.5 cm³/mol. The molecule has 0 aliphatic heterocycles. The second-order valence-electron chi connectivity index (χ2n) is 2.87. The highest BCUT2D eigenvalue weighted by Gasteiger charge is 2.31. The van der Waals surface area contributed by atoms with E-state index in [9.17, 15) is 4.79 Å². The van der Waals surface area contributed by atoms with Crippen molar-refractivity contribution >= 4 is 70.0 Å². The maximum atomic E-state index is 11.0. The summed E-state index contributed by atoms with van der Waals surface area (Å²) < 4.78 is 0. The van der Waals surface area contributed by atoms with Crippen LogP contribution in [0.3, 0.4) is 0 Å². The first kappa shape index (κ1) is 12.3. The molecule has 10 radical (unpaired) electrons. The van der Waals surface area contributed by atoms with E-state index in [4.69, 9.17) is 38.7 Å². The molecule has 10 heteroatoms. The Hall–Kier alpha value is 0.254. The molecule has 0 aromatic heterocycles. The first-order chi connectivity index (χ1) is 5.37. The molecule has 0 saturated carbocycles. The molecule has 0 aliphatic carbocycles. The van der Waals surface area contributed by atoms with Crippen molar-refractivity contribution < 1.29 is 4.79 Å². The van der Waals surface area contributed by atoms with Crippen LogP contribution in [-0.2, 0) is 4.79 Å². The Kier molecular flexibility index (Phi) is 5.19. The van der Waals surface area contributed by atoms with Crippen LogP contribution in [0.2, 0.25) is 0 Å². The summed E-state index contributed by atoms with van der Waals surface area (Å²) >= 11 is 0. The van der Waals surface area contributed by atoms with Crippen LogP contribution < -0.4 is 0 Å². The second-order valence-corrected chi connectivity index (χ2v) is 2.87. The van der Waals surface area contributed by atoms with Crippen molar-refractivity contribution in [3.05, 3.63) is 0 Å². The van der Waals surface area contributed by atoms with Crippen molar-refractivity contribution in [3.8, 4) is 0 Å². The first-order valence-electron chi connectivity index (χ1n) is 3.66. The number of carbonyl (C=O) groups excluding carboxylic acids is 1. The quantitative estimate of drug-likeness (QED) is 0.373. The van der Waals surface area contributed by atoms with Crippen LogP contribution in [0.1, 0.15) is 6.92 Å². The monoisotopic (exact) mass is 142 g/mol. The molecule has 0 aromatic carbocycles. The average Bonchev–Trinajstić information content (AvgIpc) is 1.85. The molecule has 1 nitrogen and oxygen atoms in total. The summed E-state index contributed by atoms with van der Waals surface area (Å²) in [5.41, 5.74) is -0.196. The SMILES string of the molecule is [B]B([B])B([B])B(B([B])[B])C(C)=O. The number of rotatable bonds is 4. The highest BCUT2D eigenvalue weighted by molar-refractivity contribution is 7.95. The van der Waals surface area contributed by atoms with Crippen LogP contribution in [0, 0.1) is 0 Å². The number of carbonyl (C=O) groups is 1. The van der Waals surface area contributed by atoms with Crippen LogP contribution in [0.4, 0.5) is 0 Å². The molecular weight excluding hydrogens is 137 g/mol. The highest BCUT2D eigenvalue weighted by atomic mass is 16.1. The van der Waals surface area contributed by atoms with Gasteiger partial charge in [-0.1, -0.05) is 0 Å². The van der Waals surface area contributed by atoms with Crippen LogP contribution in [0.25, 0.3) is 0 Å². The van der Waals surface area contributed by atoms with Gasteiger partial charge in [-0.2, -0.15) is 0 Å². The minimum atomic E-state index is -0.813. The Morgan fingerprint density at radius 3 is 1.50 bits per heavy atom. The van der Waals surface area contributed by atoms with Gasteiger partial charge in [0.15, 0.2) is 0 Å². The fourth-order valence-corrected chi connectivity index (χ4v) is 1.04. The fraction of sp³-hybridized carbons (Fsp3) is 0.500. The standard InChI is InChI=1S/C2H3B9O/c1-2(12)8(9(3)4)11(7)10(5)6/h1H3. The number of hydrogen-bond acceptors (Lipinski definition) is 1. The third kappa shape index (κ3) is 3.32. The van der Waals surface area contributed by atoms with Crippen LogP contribution in [0.5, 0.6) is 0 Å². The first-order valence-corrected chi connectivity index (χ1v) is 3.66. The van der Waals surface area contributed by atoms with E-state index in [0.717, 1.165) is 0 Å². The molecule has 0 bridgehead atoms. The lowest BCUT2D eigenvalue weighted by atomic mass is 8.63. The van der Waals surface area contributed by atoms with Gasteiger partial charge in [0.2, 0.25) is 0 Å². The van der Waals surface area contributed by atoms with E-state index in [1.54, 1.807) is 0 Å². The smallest absolute Gasteiger partial charge is 0.126 e. The topological polar surface area (TPSA) is 17.1 Å². The largest absolute Gasteiger partial charge is 0.313 e. The van der Waals surface area contributed by atoms with Crippen molar-refractivity contribution in [1.82, 2.24) is 0 Å². The van der Waals surface area contributed by atoms with E-state index >= 15 is 0 Å². The molecule has 0 fully saturated rings. The lowest BCUT2D eigenvalue weighted by molar-refractivity contribution is -0.110. The Morgan fingerprint density at radius 1 is 1.00 bits per heavy atom. The van der Waals surface area contributed by atoms with E-state index in [0.29, 0.717) is 0 Å². The molecule has 0 unspecified atom stereocenters. The maximum absolute atomic E-state index is 11.0. The molecular formula is C2H3B9O. The van der Waals surface area contributed by atoms with Crippen molar-refractivity contribution in [2.45, 2.75) is 6.92 Å². The zero-order valence-electron chi connectivity index (χ0n) is 7.10. The second kappa shape index (κ2) is 5.09. The minimum Gasteiger partial charge on any atom is -0.313 e. The van der Waals surface area contributed by atoms with Gasteiger partial charge >= 0.3 is 0 Å². The molecule has 0 atom stereocenters. The lowest BCUT2D eigenvalue weighted by Crippen LogP contribution is -2.62. The van der Waals surface area contributed by atoms with E-state index in [2.05, 4.69) is 0 Å². The molecule has 0 aromatic rings. The van der Waals surface area contributed by atoms with Crippen LogP contribution >= 0.6 is 0 Å². The molecule has 0 rings (SSSR count). The summed E-state index contributed by atoms with van der Waals surface area (Å²) in [7, 11) is 26.8. The van der Waals surface area contributed by atoms with E-state index in [-0.39, 0.29) is 5.68 Å². The summed E-state index contributed by atoms with van der Waals surface area (Å²) in [6.07, 6.45) is -2.29. The molecule has 0 amide bonds. The van der Waals surface area contributed by atoms with Gasteiger partial charge in [0.25, 0.3) is 0 Å². The van der Waals surface area contributed by atoms with Gasteiger partial charge in [-0.05, 0) is 6.92 Å². The molecule has 0 aliphatic rings. The third-order valence-electron chi connectivity index (χ3n) is 1.74. The van der Waals surface area contributed by atoms with Crippen LogP contribution in [-0.4, -0.2) is 70.0 Å². The van der Waals surface area contributed by atoms with Gasteiger partial charge in [0.05, 0.1) is 5.68 Å². The Labute approximate surface area is 82.2 Å². The van der Waals surface area contributed by atoms with Crippen molar-refractivity contribution in [2.75, 3.05) is 0 Å². The molecule has 0 N–H and O–H groups in total. The average molecular weight is 140 g/mol.